The molecular formula is C18H25NO4. The number of aliphatic hydroxyl groups is 1. The molecular weight excluding hydrogens is 294 g/mol. The molecule has 0 fully saturated rings. The molecule has 1 heterocycles. The lowest BCUT2D eigenvalue weighted by molar-refractivity contribution is 0.0650. The molecule has 0 spiro atoms. The first-order valence-electron chi connectivity index (χ1n) is 8.39. The summed E-state index contributed by atoms with van der Waals surface area (Å²) in [4.78, 5) is 25.7. The van der Waals surface area contributed by atoms with Gasteiger partial charge >= 0.3 is 0 Å². The van der Waals surface area contributed by atoms with Crippen molar-refractivity contribution in [2.24, 2.45) is 0 Å². The fourth-order valence-electron chi connectivity index (χ4n) is 2.69. The van der Waals surface area contributed by atoms with Crippen molar-refractivity contribution in [2.45, 2.75) is 38.5 Å². The summed E-state index contributed by atoms with van der Waals surface area (Å²) < 4.78 is 5.46. The van der Waals surface area contributed by atoms with Crippen LogP contribution in [-0.2, 0) is 4.74 Å². The quantitative estimate of drug-likeness (QED) is 0.503. The Morgan fingerprint density at radius 2 is 1.39 bits per heavy atom. The molecule has 126 valence electrons. The molecule has 0 atom stereocenters. The SMILES string of the molecule is O=C1c2ccccc2C(=O)N1CCCCCCOCCCCO. The lowest BCUT2D eigenvalue weighted by atomic mass is 10.1. The molecule has 0 aromatic heterocycles. The maximum absolute atomic E-state index is 12.2. The van der Waals surface area contributed by atoms with E-state index < -0.39 is 0 Å². The number of hydrogen-bond acceptors (Lipinski definition) is 4. The number of aliphatic hydroxyl groups excluding tert-OH is 1. The number of hydrogen-bond donors (Lipinski definition) is 1. The van der Waals surface area contributed by atoms with Crippen LogP contribution < -0.4 is 0 Å². The van der Waals surface area contributed by atoms with Gasteiger partial charge in [-0.3, -0.25) is 14.5 Å². The van der Waals surface area contributed by atoms with Gasteiger partial charge in [0.1, 0.15) is 0 Å². The van der Waals surface area contributed by atoms with Crippen molar-refractivity contribution in [1.29, 1.82) is 0 Å². The highest BCUT2D eigenvalue weighted by atomic mass is 16.5. The summed E-state index contributed by atoms with van der Waals surface area (Å²) in [5.41, 5.74) is 1.04. The van der Waals surface area contributed by atoms with Gasteiger partial charge in [0.25, 0.3) is 11.8 Å². The van der Waals surface area contributed by atoms with Gasteiger partial charge in [0.05, 0.1) is 11.1 Å². The van der Waals surface area contributed by atoms with Crippen molar-refractivity contribution in [3.8, 4) is 0 Å². The van der Waals surface area contributed by atoms with Crippen molar-refractivity contribution in [3.05, 3.63) is 35.4 Å². The van der Waals surface area contributed by atoms with Crippen molar-refractivity contribution < 1.29 is 19.4 Å². The molecule has 0 saturated carbocycles. The van der Waals surface area contributed by atoms with Crippen LogP contribution >= 0.6 is 0 Å². The van der Waals surface area contributed by atoms with Crippen LogP contribution in [0, 0.1) is 0 Å². The zero-order valence-electron chi connectivity index (χ0n) is 13.5. The lowest BCUT2D eigenvalue weighted by Gasteiger charge is -2.13. The molecule has 5 nitrogen and oxygen atoms in total. The molecule has 0 radical (unpaired) electrons. The average Bonchev–Trinajstić information content (AvgIpc) is 2.81. The van der Waals surface area contributed by atoms with Crippen molar-refractivity contribution in [2.75, 3.05) is 26.4 Å². The molecule has 1 aliphatic heterocycles. The Balaban J connectivity index is 1.57. The summed E-state index contributed by atoms with van der Waals surface area (Å²) in [5, 5.41) is 8.64. The van der Waals surface area contributed by atoms with Gasteiger partial charge in [-0.2, -0.15) is 0 Å². The van der Waals surface area contributed by atoms with E-state index in [4.69, 9.17) is 9.84 Å². The van der Waals surface area contributed by atoms with E-state index in [0.717, 1.165) is 45.1 Å². The molecule has 0 saturated heterocycles. The second kappa shape index (κ2) is 9.43. The lowest BCUT2D eigenvalue weighted by Crippen LogP contribution is -2.30. The standard InChI is InChI=1S/C18H25NO4/c20-12-6-8-14-23-13-7-2-1-5-11-19-17(21)15-9-3-4-10-16(15)18(19)22/h3-4,9-10,20H,1-2,5-8,11-14H2. The third kappa shape index (κ3) is 4.88. The highest BCUT2D eigenvalue weighted by molar-refractivity contribution is 6.21. The van der Waals surface area contributed by atoms with E-state index in [9.17, 15) is 9.59 Å². The maximum atomic E-state index is 12.2. The van der Waals surface area contributed by atoms with Crippen LogP contribution in [0.1, 0.15) is 59.2 Å². The topological polar surface area (TPSA) is 66.8 Å². The minimum absolute atomic E-state index is 0.169. The Hall–Kier alpha value is -1.72. The largest absolute Gasteiger partial charge is 0.396 e. The molecule has 0 aliphatic carbocycles. The summed E-state index contributed by atoms with van der Waals surface area (Å²) >= 11 is 0. The van der Waals surface area contributed by atoms with Gasteiger partial charge in [-0.05, 0) is 37.8 Å². The summed E-state index contributed by atoms with van der Waals surface area (Å²) in [7, 11) is 0. The van der Waals surface area contributed by atoms with E-state index in [0.29, 0.717) is 24.3 Å². The number of nitrogens with zero attached hydrogens (tertiary/aromatic N) is 1. The van der Waals surface area contributed by atoms with Gasteiger partial charge in [0.15, 0.2) is 0 Å². The smallest absolute Gasteiger partial charge is 0.261 e. The van der Waals surface area contributed by atoms with Crippen molar-refractivity contribution in [1.82, 2.24) is 4.90 Å². The van der Waals surface area contributed by atoms with Crippen LogP contribution in [0.3, 0.4) is 0 Å². The van der Waals surface area contributed by atoms with Crippen molar-refractivity contribution >= 4 is 11.8 Å². The van der Waals surface area contributed by atoms with E-state index in [1.54, 1.807) is 24.3 Å². The van der Waals surface area contributed by atoms with Gasteiger partial charge in [-0.1, -0.05) is 25.0 Å². The molecule has 23 heavy (non-hydrogen) atoms. The minimum Gasteiger partial charge on any atom is -0.396 e. The third-order valence-electron chi connectivity index (χ3n) is 4.00. The fraction of sp³-hybridized carbons (Fsp3) is 0.556. The number of rotatable bonds is 11. The second-order valence-corrected chi connectivity index (χ2v) is 5.76. The summed E-state index contributed by atoms with van der Waals surface area (Å²) in [6, 6.07) is 7.00. The molecule has 0 unspecified atom stereocenters. The second-order valence-electron chi connectivity index (χ2n) is 5.76. The third-order valence-corrected chi connectivity index (χ3v) is 4.00. The molecule has 1 aliphatic rings. The average molecular weight is 319 g/mol. The number of amides is 2. The molecule has 2 rings (SSSR count). The summed E-state index contributed by atoms with van der Waals surface area (Å²) in [5.74, 6) is -0.337. The number of unbranched alkanes of at least 4 members (excludes halogenated alkanes) is 4. The summed E-state index contributed by atoms with van der Waals surface area (Å²) in [6.45, 7) is 2.15. The first kappa shape index (κ1) is 17.6. The van der Waals surface area contributed by atoms with E-state index in [1.807, 2.05) is 0 Å². The predicted octanol–water partition coefficient (Wildman–Crippen LogP) is 2.63. The summed E-state index contributed by atoms with van der Waals surface area (Å²) in [6.07, 6.45) is 5.52. The van der Waals surface area contributed by atoms with Crippen LogP contribution in [0.4, 0.5) is 0 Å². The fourth-order valence-corrected chi connectivity index (χ4v) is 2.69. The highest BCUT2D eigenvalue weighted by Crippen LogP contribution is 2.22. The van der Waals surface area contributed by atoms with Gasteiger partial charge < -0.3 is 9.84 Å². The zero-order valence-corrected chi connectivity index (χ0v) is 13.5. The van der Waals surface area contributed by atoms with Crippen LogP contribution in [0.5, 0.6) is 0 Å². The van der Waals surface area contributed by atoms with E-state index in [1.165, 1.54) is 4.90 Å². The van der Waals surface area contributed by atoms with E-state index in [-0.39, 0.29) is 18.4 Å². The van der Waals surface area contributed by atoms with E-state index in [2.05, 4.69) is 0 Å². The van der Waals surface area contributed by atoms with Gasteiger partial charge in [0, 0.05) is 26.4 Å². The zero-order chi connectivity index (χ0) is 16.5. The van der Waals surface area contributed by atoms with Crippen LogP contribution in [-0.4, -0.2) is 48.2 Å². The molecule has 1 aromatic carbocycles. The Bertz CT molecular complexity index is 495. The Morgan fingerprint density at radius 1 is 0.826 bits per heavy atom. The van der Waals surface area contributed by atoms with Crippen molar-refractivity contribution in [3.63, 3.8) is 0 Å². The number of ether oxygens (including phenoxy) is 1. The molecule has 1 aromatic rings. The number of carbonyl (C=O) groups excluding carboxylic acids is 2. The van der Waals surface area contributed by atoms with Gasteiger partial charge in [0.2, 0.25) is 0 Å². The Kier molecular flexibility index (Phi) is 7.23. The molecule has 5 heteroatoms. The van der Waals surface area contributed by atoms with Crippen LogP contribution in [0.15, 0.2) is 24.3 Å². The highest BCUT2D eigenvalue weighted by Gasteiger charge is 2.34. The molecule has 2 amide bonds. The van der Waals surface area contributed by atoms with Crippen LogP contribution in [0.25, 0.3) is 0 Å². The first-order chi connectivity index (χ1) is 11.3. The maximum Gasteiger partial charge on any atom is 0.261 e. The number of fused-ring (bicyclic) bond motifs is 1. The normalized spacial score (nSPS) is 13.7. The van der Waals surface area contributed by atoms with Gasteiger partial charge in [-0.15, -0.1) is 0 Å². The number of imide groups is 1. The van der Waals surface area contributed by atoms with Gasteiger partial charge in [-0.25, -0.2) is 0 Å². The first-order valence-corrected chi connectivity index (χ1v) is 8.39. The monoisotopic (exact) mass is 319 g/mol. The van der Waals surface area contributed by atoms with Crippen LogP contribution in [0.2, 0.25) is 0 Å². The number of benzene rings is 1. The predicted molar refractivity (Wildman–Crippen MR) is 87.4 cm³/mol. The van der Waals surface area contributed by atoms with E-state index >= 15 is 0 Å². The Labute approximate surface area is 137 Å². The Morgan fingerprint density at radius 3 is 2.00 bits per heavy atom. The minimum atomic E-state index is -0.169. The number of carbonyl (C=O) groups is 2. The molecule has 1 N–H and O–H groups in total. The molecule has 0 bridgehead atoms.